The molecular weight excluding hydrogens is 312 g/mol. The van der Waals surface area contributed by atoms with Gasteiger partial charge in [0.15, 0.2) is 0 Å². The zero-order valence-electron chi connectivity index (χ0n) is 17.7. The third kappa shape index (κ3) is 4.81. The number of aryl methyl sites for hydroxylation is 2. The van der Waals surface area contributed by atoms with E-state index < -0.39 is 0 Å². The van der Waals surface area contributed by atoms with Crippen LogP contribution in [-0.4, -0.2) is 0 Å². The highest BCUT2D eigenvalue weighted by atomic mass is 14.4. The standard InChI is InChI=1S/C26H40/c1-5-6-7-8-22-9-11-23(12-10-22)24-13-15-25(16-14-24)26-17-19(2)21(4)20(3)18-26/h5-6,17-18,22-25H,7-16H2,1-4H3/b6-5+. The summed E-state index contributed by atoms with van der Waals surface area (Å²) < 4.78 is 0. The molecule has 2 saturated carbocycles. The second-order valence-corrected chi connectivity index (χ2v) is 9.32. The van der Waals surface area contributed by atoms with Gasteiger partial charge in [-0.05, 0) is 125 Å². The summed E-state index contributed by atoms with van der Waals surface area (Å²) in [6, 6.07) is 4.95. The van der Waals surface area contributed by atoms with Crippen LogP contribution in [0.4, 0.5) is 0 Å². The number of benzene rings is 1. The number of rotatable bonds is 5. The quantitative estimate of drug-likeness (QED) is 0.470. The third-order valence-corrected chi connectivity index (χ3v) is 7.73. The topological polar surface area (TPSA) is 0 Å². The Bertz CT molecular complexity index is 569. The Balaban J connectivity index is 1.47. The molecule has 0 bridgehead atoms. The fraction of sp³-hybridized carbons (Fsp3) is 0.692. The summed E-state index contributed by atoms with van der Waals surface area (Å²) >= 11 is 0. The van der Waals surface area contributed by atoms with Gasteiger partial charge in [-0.15, -0.1) is 0 Å². The monoisotopic (exact) mass is 352 g/mol. The molecular formula is C26H40. The molecule has 1 aromatic carbocycles. The van der Waals surface area contributed by atoms with Crippen LogP contribution in [0.15, 0.2) is 24.3 Å². The molecule has 0 radical (unpaired) electrons. The highest BCUT2D eigenvalue weighted by Crippen LogP contribution is 2.44. The van der Waals surface area contributed by atoms with E-state index in [1.165, 1.54) is 80.9 Å². The molecule has 0 nitrogen and oxygen atoms in total. The van der Waals surface area contributed by atoms with Crippen LogP contribution in [-0.2, 0) is 0 Å². The summed E-state index contributed by atoms with van der Waals surface area (Å²) in [6.45, 7) is 8.98. The van der Waals surface area contributed by atoms with Crippen LogP contribution in [0.5, 0.6) is 0 Å². The van der Waals surface area contributed by atoms with Gasteiger partial charge in [0.2, 0.25) is 0 Å². The summed E-state index contributed by atoms with van der Waals surface area (Å²) in [5.74, 6) is 3.89. The van der Waals surface area contributed by atoms with E-state index in [2.05, 4.69) is 52.0 Å². The van der Waals surface area contributed by atoms with Gasteiger partial charge in [0, 0.05) is 0 Å². The molecule has 144 valence electrons. The zero-order chi connectivity index (χ0) is 18.5. The first-order chi connectivity index (χ1) is 12.6. The lowest BCUT2D eigenvalue weighted by Gasteiger charge is -2.38. The first-order valence-electron chi connectivity index (χ1n) is 11.3. The molecule has 2 aliphatic carbocycles. The van der Waals surface area contributed by atoms with E-state index in [-0.39, 0.29) is 0 Å². The molecule has 1 aromatic rings. The third-order valence-electron chi connectivity index (χ3n) is 7.73. The van der Waals surface area contributed by atoms with Gasteiger partial charge in [0.25, 0.3) is 0 Å². The van der Waals surface area contributed by atoms with Crippen LogP contribution < -0.4 is 0 Å². The fourth-order valence-electron chi connectivity index (χ4n) is 5.68. The van der Waals surface area contributed by atoms with E-state index in [4.69, 9.17) is 0 Å². The van der Waals surface area contributed by atoms with Crippen molar-refractivity contribution in [2.24, 2.45) is 17.8 Å². The highest BCUT2D eigenvalue weighted by molar-refractivity contribution is 5.38. The minimum atomic E-state index is 0.821. The van der Waals surface area contributed by atoms with Crippen molar-refractivity contribution in [2.75, 3.05) is 0 Å². The van der Waals surface area contributed by atoms with E-state index in [1.807, 2.05) is 0 Å². The zero-order valence-corrected chi connectivity index (χ0v) is 17.7. The molecule has 0 amide bonds. The average molecular weight is 353 g/mol. The minimum absolute atomic E-state index is 0.821. The maximum atomic E-state index is 2.48. The molecule has 0 spiro atoms. The van der Waals surface area contributed by atoms with Crippen LogP contribution in [0.3, 0.4) is 0 Å². The van der Waals surface area contributed by atoms with E-state index in [9.17, 15) is 0 Å². The SMILES string of the molecule is C/C=C/CCC1CCC(C2CCC(c3cc(C)c(C)c(C)c3)CC2)CC1. The van der Waals surface area contributed by atoms with Gasteiger partial charge in [-0.2, -0.15) is 0 Å². The first kappa shape index (κ1) is 19.7. The predicted octanol–water partition coefficient (Wildman–Crippen LogP) is 8.05. The van der Waals surface area contributed by atoms with Crippen molar-refractivity contribution in [3.63, 3.8) is 0 Å². The smallest absolute Gasteiger partial charge is 0.0162 e. The van der Waals surface area contributed by atoms with Crippen molar-refractivity contribution in [1.82, 2.24) is 0 Å². The van der Waals surface area contributed by atoms with Gasteiger partial charge in [0.05, 0.1) is 0 Å². The average Bonchev–Trinajstić information content (AvgIpc) is 2.67. The normalized spacial score (nSPS) is 30.0. The summed E-state index contributed by atoms with van der Waals surface area (Å²) in [5.41, 5.74) is 6.07. The Hall–Kier alpha value is -1.04. The fourth-order valence-corrected chi connectivity index (χ4v) is 5.68. The predicted molar refractivity (Wildman–Crippen MR) is 115 cm³/mol. The maximum absolute atomic E-state index is 2.48. The van der Waals surface area contributed by atoms with Gasteiger partial charge in [0.1, 0.15) is 0 Å². The molecule has 3 rings (SSSR count). The number of hydrogen-bond acceptors (Lipinski definition) is 0. The summed E-state index contributed by atoms with van der Waals surface area (Å²) in [4.78, 5) is 0. The molecule has 0 saturated heterocycles. The molecule has 0 unspecified atom stereocenters. The van der Waals surface area contributed by atoms with E-state index in [1.54, 1.807) is 5.56 Å². The largest absolute Gasteiger partial charge is 0.0917 e. The molecule has 0 N–H and O–H groups in total. The van der Waals surface area contributed by atoms with E-state index >= 15 is 0 Å². The second kappa shape index (κ2) is 9.25. The minimum Gasteiger partial charge on any atom is -0.0917 e. The summed E-state index contributed by atoms with van der Waals surface area (Å²) in [5, 5.41) is 0. The van der Waals surface area contributed by atoms with E-state index in [0.717, 1.165) is 23.7 Å². The Morgan fingerprint density at radius 2 is 1.35 bits per heavy atom. The molecule has 26 heavy (non-hydrogen) atoms. The van der Waals surface area contributed by atoms with Crippen molar-refractivity contribution in [2.45, 2.75) is 97.8 Å². The van der Waals surface area contributed by atoms with Crippen molar-refractivity contribution in [3.8, 4) is 0 Å². The molecule has 0 atom stereocenters. The Labute approximate surface area is 162 Å². The Kier molecular flexibility index (Phi) is 7.01. The van der Waals surface area contributed by atoms with Crippen molar-refractivity contribution < 1.29 is 0 Å². The highest BCUT2D eigenvalue weighted by Gasteiger charge is 2.31. The van der Waals surface area contributed by atoms with Crippen molar-refractivity contribution in [1.29, 1.82) is 0 Å². The number of allylic oxidation sites excluding steroid dienone is 2. The lowest BCUT2D eigenvalue weighted by Crippen LogP contribution is -2.25. The van der Waals surface area contributed by atoms with Crippen molar-refractivity contribution in [3.05, 3.63) is 46.5 Å². The van der Waals surface area contributed by atoms with Crippen LogP contribution in [0.25, 0.3) is 0 Å². The Morgan fingerprint density at radius 3 is 1.88 bits per heavy atom. The molecule has 2 aliphatic rings. The summed E-state index contributed by atoms with van der Waals surface area (Å²) in [6.07, 6.45) is 19.1. The number of hydrogen-bond donors (Lipinski definition) is 0. The van der Waals surface area contributed by atoms with Crippen LogP contribution in [0.1, 0.15) is 99.3 Å². The molecule has 2 fully saturated rings. The van der Waals surface area contributed by atoms with Gasteiger partial charge in [-0.1, -0.05) is 37.1 Å². The van der Waals surface area contributed by atoms with E-state index in [0.29, 0.717) is 0 Å². The lowest BCUT2D eigenvalue weighted by molar-refractivity contribution is 0.157. The summed E-state index contributed by atoms with van der Waals surface area (Å²) in [7, 11) is 0. The molecule has 0 aromatic heterocycles. The van der Waals surface area contributed by atoms with Gasteiger partial charge in [-0.25, -0.2) is 0 Å². The first-order valence-corrected chi connectivity index (χ1v) is 11.3. The molecule has 0 heteroatoms. The van der Waals surface area contributed by atoms with Crippen molar-refractivity contribution >= 4 is 0 Å². The Morgan fingerprint density at radius 1 is 0.808 bits per heavy atom. The van der Waals surface area contributed by atoms with Gasteiger partial charge in [-0.3, -0.25) is 0 Å². The van der Waals surface area contributed by atoms with Crippen LogP contribution in [0.2, 0.25) is 0 Å². The van der Waals surface area contributed by atoms with Crippen LogP contribution >= 0.6 is 0 Å². The van der Waals surface area contributed by atoms with Crippen LogP contribution in [0, 0.1) is 38.5 Å². The molecule has 0 aliphatic heterocycles. The second-order valence-electron chi connectivity index (χ2n) is 9.32. The van der Waals surface area contributed by atoms with Gasteiger partial charge >= 0.3 is 0 Å². The lowest BCUT2D eigenvalue weighted by atomic mass is 9.68. The molecule has 0 heterocycles. The maximum Gasteiger partial charge on any atom is -0.0162 e. The van der Waals surface area contributed by atoms with Gasteiger partial charge < -0.3 is 0 Å².